The summed E-state index contributed by atoms with van der Waals surface area (Å²) in [6.07, 6.45) is 1.83. The molecule has 2 unspecified atom stereocenters. The van der Waals surface area contributed by atoms with E-state index in [0.717, 1.165) is 22.9 Å². The first-order valence-corrected chi connectivity index (χ1v) is 7.42. The Morgan fingerprint density at radius 3 is 2.42 bits per heavy atom. The van der Waals surface area contributed by atoms with Gasteiger partial charge in [0.2, 0.25) is 0 Å². The van der Waals surface area contributed by atoms with Gasteiger partial charge < -0.3 is 10.2 Å². The highest BCUT2D eigenvalue weighted by molar-refractivity contribution is 9.10. The Kier molecular flexibility index (Phi) is 5.96. The van der Waals surface area contributed by atoms with Gasteiger partial charge in [0.25, 0.3) is 0 Å². The van der Waals surface area contributed by atoms with E-state index in [1.807, 2.05) is 13.1 Å². The lowest BCUT2D eigenvalue weighted by Crippen LogP contribution is -2.56. The van der Waals surface area contributed by atoms with Gasteiger partial charge >= 0.3 is 0 Å². The largest absolute Gasteiger partial charge is 0.315 e. The Morgan fingerprint density at radius 1 is 1.37 bits per heavy atom. The standard InChI is InChI=1S/C15H24BrFN2/c1-6-15(2,19(4)5)14(18-3)9-11-7-12(16)10-13(17)8-11/h7-8,10,14,18H,6,9H2,1-5H3. The lowest BCUT2D eigenvalue weighted by atomic mass is 9.84. The van der Waals surface area contributed by atoms with Crippen molar-refractivity contribution < 1.29 is 4.39 Å². The van der Waals surface area contributed by atoms with Crippen molar-refractivity contribution in [3.63, 3.8) is 0 Å². The van der Waals surface area contributed by atoms with Crippen LogP contribution in [0.3, 0.4) is 0 Å². The first kappa shape index (κ1) is 16.6. The Bertz CT molecular complexity index is 402. The maximum atomic E-state index is 13.5. The molecule has 0 aromatic heterocycles. The predicted octanol–water partition coefficient (Wildman–Crippen LogP) is 3.45. The molecular weight excluding hydrogens is 307 g/mol. The highest BCUT2D eigenvalue weighted by Crippen LogP contribution is 2.25. The van der Waals surface area contributed by atoms with Crippen molar-refractivity contribution in [2.24, 2.45) is 0 Å². The van der Waals surface area contributed by atoms with Crippen molar-refractivity contribution in [3.8, 4) is 0 Å². The average Bonchev–Trinajstić information content (AvgIpc) is 2.33. The minimum atomic E-state index is -0.192. The van der Waals surface area contributed by atoms with E-state index in [-0.39, 0.29) is 17.4 Å². The number of halogens is 2. The summed E-state index contributed by atoms with van der Waals surface area (Å²) in [4.78, 5) is 2.24. The molecule has 0 radical (unpaired) electrons. The van der Waals surface area contributed by atoms with E-state index >= 15 is 0 Å². The van der Waals surface area contributed by atoms with Gasteiger partial charge in [-0.15, -0.1) is 0 Å². The summed E-state index contributed by atoms with van der Waals surface area (Å²) in [6, 6.07) is 5.35. The van der Waals surface area contributed by atoms with Crippen LogP contribution in [0.25, 0.3) is 0 Å². The van der Waals surface area contributed by atoms with Crippen molar-refractivity contribution in [2.45, 2.75) is 38.3 Å². The van der Waals surface area contributed by atoms with E-state index in [2.05, 4.69) is 54.1 Å². The number of nitrogens with zero attached hydrogens (tertiary/aromatic N) is 1. The van der Waals surface area contributed by atoms with Crippen LogP contribution in [0.2, 0.25) is 0 Å². The van der Waals surface area contributed by atoms with Gasteiger partial charge in [0.05, 0.1) is 0 Å². The van der Waals surface area contributed by atoms with E-state index in [4.69, 9.17) is 0 Å². The number of hydrogen-bond donors (Lipinski definition) is 1. The maximum Gasteiger partial charge on any atom is 0.124 e. The lowest BCUT2D eigenvalue weighted by Gasteiger charge is -2.42. The number of rotatable bonds is 6. The molecule has 1 aromatic carbocycles. The summed E-state index contributed by atoms with van der Waals surface area (Å²) >= 11 is 3.35. The second-order valence-electron chi connectivity index (χ2n) is 5.43. The molecule has 0 saturated heterocycles. The quantitative estimate of drug-likeness (QED) is 0.859. The van der Waals surface area contributed by atoms with Crippen molar-refractivity contribution in [2.75, 3.05) is 21.1 Å². The van der Waals surface area contributed by atoms with E-state index < -0.39 is 0 Å². The first-order valence-electron chi connectivity index (χ1n) is 6.63. The first-order chi connectivity index (χ1) is 8.83. The SMILES string of the molecule is CCC(C)(C(Cc1cc(F)cc(Br)c1)NC)N(C)C. The van der Waals surface area contributed by atoms with Crippen LogP contribution >= 0.6 is 15.9 Å². The molecule has 108 valence electrons. The second kappa shape index (κ2) is 6.82. The lowest BCUT2D eigenvalue weighted by molar-refractivity contribution is 0.116. The summed E-state index contributed by atoms with van der Waals surface area (Å²) in [5.41, 5.74) is 1.04. The highest BCUT2D eigenvalue weighted by atomic mass is 79.9. The Balaban J connectivity index is 2.98. The third-order valence-electron chi connectivity index (χ3n) is 4.20. The van der Waals surface area contributed by atoms with E-state index in [0.29, 0.717) is 0 Å². The van der Waals surface area contributed by atoms with Gasteiger partial charge in [-0.05, 0) is 64.7 Å². The van der Waals surface area contributed by atoms with Gasteiger partial charge in [0, 0.05) is 16.1 Å². The summed E-state index contributed by atoms with van der Waals surface area (Å²) < 4.78 is 14.3. The van der Waals surface area contributed by atoms with E-state index in [1.165, 1.54) is 6.07 Å². The van der Waals surface area contributed by atoms with Crippen LogP contribution in [0, 0.1) is 5.82 Å². The number of benzene rings is 1. The predicted molar refractivity (Wildman–Crippen MR) is 83.0 cm³/mol. The molecule has 19 heavy (non-hydrogen) atoms. The molecule has 2 nitrogen and oxygen atoms in total. The van der Waals surface area contributed by atoms with Gasteiger partial charge in [-0.25, -0.2) is 4.39 Å². The fraction of sp³-hybridized carbons (Fsp3) is 0.600. The zero-order valence-electron chi connectivity index (χ0n) is 12.4. The van der Waals surface area contributed by atoms with Crippen LogP contribution in [0.1, 0.15) is 25.8 Å². The molecule has 0 fully saturated rings. The van der Waals surface area contributed by atoms with Crippen molar-refractivity contribution in [1.29, 1.82) is 0 Å². The molecule has 0 amide bonds. The minimum absolute atomic E-state index is 0.0353. The molecule has 1 N–H and O–H groups in total. The second-order valence-corrected chi connectivity index (χ2v) is 6.34. The number of likely N-dealkylation sites (N-methyl/N-ethyl adjacent to an activating group) is 2. The molecule has 0 bridgehead atoms. The smallest absolute Gasteiger partial charge is 0.124 e. The zero-order valence-corrected chi connectivity index (χ0v) is 14.0. The molecule has 0 heterocycles. The van der Waals surface area contributed by atoms with E-state index in [9.17, 15) is 4.39 Å². The molecular formula is C15H24BrFN2. The van der Waals surface area contributed by atoms with Crippen LogP contribution in [0.15, 0.2) is 22.7 Å². The molecule has 1 rings (SSSR count). The Morgan fingerprint density at radius 2 is 2.00 bits per heavy atom. The third kappa shape index (κ3) is 4.01. The van der Waals surface area contributed by atoms with Crippen molar-refractivity contribution >= 4 is 15.9 Å². The topological polar surface area (TPSA) is 15.3 Å². The summed E-state index contributed by atoms with van der Waals surface area (Å²) in [7, 11) is 6.15. The van der Waals surface area contributed by atoms with Crippen LogP contribution in [-0.4, -0.2) is 37.6 Å². The van der Waals surface area contributed by atoms with Crippen molar-refractivity contribution in [1.82, 2.24) is 10.2 Å². The average molecular weight is 331 g/mol. The number of hydrogen-bond acceptors (Lipinski definition) is 2. The Labute approximate surface area is 124 Å². The van der Waals surface area contributed by atoms with Gasteiger partial charge in [-0.1, -0.05) is 22.9 Å². The van der Waals surface area contributed by atoms with Gasteiger partial charge in [0.1, 0.15) is 5.82 Å². The maximum absolute atomic E-state index is 13.5. The molecule has 4 heteroatoms. The zero-order chi connectivity index (χ0) is 14.6. The molecule has 0 aliphatic heterocycles. The van der Waals surface area contributed by atoms with Crippen LogP contribution in [0.4, 0.5) is 4.39 Å². The summed E-state index contributed by atoms with van der Waals surface area (Å²) in [6.45, 7) is 4.42. The summed E-state index contributed by atoms with van der Waals surface area (Å²) in [5.74, 6) is -0.192. The van der Waals surface area contributed by atoms with Crippen LogP contribution in [-0.2, 0) is 6.42 Å². The van der Waals surface area contributed by atoms with Gasteiger partial charge in [-0.2, -0.15) is 0 Å². The fourth-order valence-electron chi connectivity index (χ4n) is 2.47. The Hall–Kier alpha value is -0.450. The molecule has 2 atom stereocenters. The third-order valence-corrected chi connectivity index (χ3v) is 4.66. The minimum Gasteiger partial charge on any atom is -0.315 e. The molecule has 0 aliphatic rings. The molecule has 1 aromatic rings. The normalized spacial score (nSPS) is 16.4. The molecule has 0 saturated carbocycles. The molecule has 0 spiro atoms. The van der Waals surface area contributed by atoms with Gasteiger partial charge in [-0.3, -0.25) is 0 Å². The van der Waals surface area contributed by atoms with Crippen molar-refractivity contribution in [3.05, 3.63) is 34.1 Å². The monoisotopic (exact) mass is 330 g/mol. The highest BCUT2D eigenvalue weighted by Gasteiger charge is 2.33. The number of nitrogens with one attached hydrogen (secondary N) is 1. The fourth-order valence-corrected chi connectivity index (χ4v) is 2.98. The van der Waals surface area contributed by atoms with E-state index in [1.54, 1.807) is 6.07 Å². The van der Waals surface area contributed by atoms with Crippen LogP contribution in [0.5, 0.6) is 0 Å². The van der Waals surface area contributed by atoms with Gasteiger partial charge in [0.15, 0.2) is 0 Å². The summed E-state index contributed by atoms with van der Waals surface area (Å²) in [5, 5.41) is 3.38. The van der Waals surface area contributed by atoms with Crippen LogP contribution < -0.4 is 5.32 Å². The molecule has 0 aliphatic carbocycles.